The molecule has 0 radical (unpaired) electrons. The Hall–Kier alpha value is -2.98. The van der Waals surface area contributed by atoms with Gasteiger partial charge in [0.15, 0.2) is 5.65 Å². The summed E-state index contributed by atoms with van der Waals surface area (Å²) in [6.45, 7) is 5.03. The van der Waals surface area contributed by atoms with Crippen LogP contribution in [0.1, 0.15) is 47.5 Å². The van der Waals surface area contributed by atoms with Crippen LogP contribution in [-0.4, -0.2) is 44.0 Å². The average Bonchev–Trinajstić information content (AvgIpc) is 3.50. The number of para-hydroxylation sites is 1. The van der Waals surface area contributed by atoms with Gasteiger partial charge in [0.25, 0.3) is 0 Å². The molecule has 1 aliphatic carbocycles. The van der Waals surface area contributed by atoms with E-state index in [1.807, 2.05) is 18.2 Å². The third-order valence-electron chi connectivity index (χ3n) is 5.79. The molecule has 4 aromatic rings. The summed E-state index contributed by atoms with van der Waals surface area (Å²) in [4.78, 5) is 31.2. The predicted molar refractivity (Wildman–Crippen MR) is 135 cm³/mol. The number of ether oxygens (including phenoxy) is 1. The number of hydrogen-bond acceptors (Lipinski definition) is 8. The number of aromatic nitrogens is 4. The van der Waals surface area contributed by atoms with Crippen LogP contribution in [0.25, 0.3) is 22.1 Å². The van der Waals surface area contributed by atoms with Crippen LogP contribution in [0.5, 0.6) is 0 Å². The molecule has 1 aromatic carbocycles. The molecule has 34 heavy (non-hydrogen) atoms. The first-order valence-corrected chi connectivity index (χ1v) is 13.3. The molecule has 1 aliphatic rings. The minimum atomic E-state index is -0.369. The van der Waals surface area contributed by atoms with Crippen LogP contribution >= 0.6 is 23.1 Å². The van der Waals surface area contributed by atoms with Crippen molar-refractivity contribution >= 4 is 62.0 Å². The number of esters is 1. The molecule has 3 aromatic heterocycles. The van der Waals surface area contributed by atoms with Gasteiger partial charge in [-0.25, -0.2) is 9.78 Å². The summed E-state index contributed by atoms with van der Waals surface area (Å²) in [5.41, 5.74) is 4.16. The number of nitrogens with zero attached hydrogens (tertiary/aromatic N) is 4. The fourth-order valence-corrected chi connectivity index (χ4v) is 6.28. The Morgan fingerprint density at radius 3 is 2.88 bits per heavy atom. The fourth-order valence-electron chi connectivity index (χ4n) is 4.40. The van der Waals surface area contributed by atoms with Gasteiger partial charge in [0.05, 0.1) is 23.4 Å². The van der Waals surface area contributed by atoms with Crippen LogP contribution in [-0.2, 0) is 28.9 Å². The lowest BCUT2D eigenvalue weighted by Crippen LogP contribution is -2.17. The van der Waals surface area contributed by atoms with Crippen molar-refractivity contribution in [2.24, 2.45) is 0 Å². The van der Waals surface area contributed by atoms with Gasteiger partial charge in [0, 0.05) is 16.8 Å². The number of thioether (sulfide) groups is 1. The van der Waals surface area contributed by atoms with E-state index in [4.69, 9.17) is 9.72 Å². The van der Waals surface area contributed by atoms with Crippen molar-refractivity contribution in [1.29, 1.82) is 0 Å². The topological polar surface area (TPSA) is 99.0 Å². The molecular formula is C24H25N5O3S2. The van der Waals surface area contributed by atoms with Crippen LogP contribution in [0.4, 0.5) is 5.00 Å². The van der Waals surface area contributed by atoms with Crippen molar-refractivity contribution < 1.29 is 14.3 Å². The quantitative estimate of drug-likeness (QED) is 0.276. The summed E-state index contributed by atoms with van der Waals surface area (Å²) >= 11 is 2.71. The molecule has 0 atom stereocenters. The van der Waals surface area contributed by atoms with Crippen molar-refractivity contribution in [2.45, 2.75) is 51.2 Å². The summed E-state index contributed by atoms with van der Waals surface area (Å²) in [6, 6.07) is 8.08. The Labute approximate surface area is 205 Å². The van der Waals surface area contributed by atoms with E-state index >= 15 is 0 Å². The molecule has 0 saturated carbocycles. The zero-order valence-corrected chi connectivity index (χ0v) is 20.7. The Balaban J connectivity index is 1.34. The van der Waals surface area contributed by atoms with Crippen LogP contribution in [0, 0.1) is 0 Å². The molecule has 0 bridgehead atoms. The Kier molecular flexibility index (Phi) is 6.51. The molecule has 5 rings (SSSR count). The summed E-state index contributed by atoms with van der Waals surface area (Å²) in [5, 5.41) is 13.6. The van der Waals surface area contributed by atoms with E-state index in [-0.39, 0.29) is 17.6 Å². The molecule has 1 N–H and O–H groups in total. The largest absolute Gasteiger partial charge is 0.462 e. The monoisotopic (exact) mass is 495 g/mol. The van der Waals surface area contributed by atoms with Crippen LogP contribution in [0.15, 0.2) is 29.4 Å². The molecule has 0 saturated heterocycles. The van der Waals surface area contributed by atoms with Gasteiger partial charge in [-0.2, -0.15) is 0 Å². The number of nitrogens with one attached hydrogen (secondary N) is 1. The lowest BCUT2D eigenvalue weighted by Gasteiger charge is -2.08. The molecule has 8 nitrogen and oxygen atoms in total. The molecule has 10 heteroatoms. The number of aryl methyl sites for hydroxylation is 2. The van der Waals surface area contributed by atoms with Crippen molar-refractivity contribution in [3.05, 3.63) is 40.3 Å². The Morgan fingerprint density at radius 1 is 1.21 bits per heavy atom. The van der Waals surface area contributed by atoms with E-state index in [1.165, 1.54) is 23.1 Å². The number of benzene rings is 1. The van der Waals surface area contributed by atoms with Gasteiger partial charge in [-0.05, 0) is 44.2 Å². The van der Waals surface area contributed by atoms with Gasteiger partial charge in [-0.1, -0.05) is 36.9 Å². The number of carbonyl (C=O) groups is 2. The van der Waals surface area contributed by atoms with E-state index in [9.17, 15) is 9.59 Å². The van der Waals surface area contributed by atoms with E-state index in [1.54, 1.807) is 6.92 Å². The first-order chi connectivity index (χ1) is 16.6. The highest BCUT2D eigenvalue weighted by Crippen LogP contribution is 2.39. The van der Waals surface area contributed by atoms with Crippen molar-refractivity contribution in [2.75, 3.05) is 17.7 Å². The number of amides is 1. The van der Waals surface area contributed by atoms with E-state index < -0.39 is 0 Å². The number of anilines is 1. The highest BCUT2D eigenvalue weighted by Gasteiger charge is 2.28. The maximum atomic E-state index is 12.8. The van der Waals surface area contributed by atoms with Crippen LogP contribution < -0.4 is 5.32 Å². The predicted octanol–water partition coefficient (Wildman–Crippen LogP) is 4.85. The van der Waals surface area contributed by atoms with Crippen LogP contribution in [0.2, 0.25) is 0 Å². The summed E-state index contributed by atoms with van der Waals surface area (Å²) in [6.07, 6.45) is 3.77. The third-order valence-corrected chi connectivity index (χ3v) is 7.83. The third kappa shape index (κ3) is 4.16. The number of rotatable bonds is 8. The summed E-state index contributed by atoms with van der Waals surface area (Å²) < 4.78 is 7.40. The summed E-state index contributed by atoms with van der Waals surface area (Å²) in [7, 11) is 0. The van der Waals surface area contributed by atoms with Gasteiger partial charge in [0.1, 0.15) is 10.5 Å². The van der Waals surface area contributed by atoms with Crippen molar-refractivity contribution in [1.82, 2.24) is 19.7 Å². The molecule has 0 spiro atoms. The number of fused-ring (bicyclic) bond motifs is 4. The molecule has 1 amide bonds. The fraction of sp³-hybridized carbons (Fsp3) is 0.375. The number of hydrogen-bond donors (Lipinski definition) is 1. The van der Waals surface area contributed by atoms with Gasteiger partial charge in [0.2, 0.25) is 11.1 Å². The molecule has 0 unspecified atom stereocenters. The minimum absolute atomic E-state index is 0.117. The second kappa shape index (κ2) is 9.71. The van der Waals surface area contributed by atoms with Crippen molar-refractivity contribution in [3.63, 3.8) is 0 Å². The van der Waals surface area contributed by atoms with Crippen LogP contribution in [0.3, 0.4) is 0 Å². The van der Waals surface area contributed by atoms with Gasteiger partial charge in [-0.3, -0.25) is 4.79 Å². The highest BCUT2D eigenvalue weighted by molar-refractivity contribution is 7.99. The molecule has 0 aliphatic heterocycles. The van der Waals surface area contributed by atoms with Crippen molar-refractivity contribution in [3.8, 4) is 0 Å². The summed E-state index contributed by atoms with van der Waals surface area (Å²) in [5.74, 6) is -0.466. The second-order valence-corrected chi connectivity index (χ2v) is 10.1. The lowest BCUT2D eigenvalue weighted by atomic mass is 10.1. The Morgan fingerprint density at radius 2 is 2.06 bits per heavy atom. The zero-order chi connectivity index (χ0) is 23.7. The first kappa shape index (κ1) is 22.8. The smallest absolute Gasteiger partial charge is 0.341 e. The standard InChI is InChI=1S/C24H25N5O3S2/c1-3-12-29-16-10-6-5-8-14(16)20-21(29)26-24(28-27-20)33-13-18(30)25-22-19(23(31)32-4-2)15-9-7-11-17(15)34-22/h5-6,8,10H,3-4,7,9,11-13H2,1-2H3,(H,25,30). The minimum Gasteiger partial charge on any atom is -0.462 e. The zero-order valence-electron chi connectivity index (χ0n) is 19.1. The van der Waals surface area contributed by atoms with E-state index in [0.29, 0.717) is 22.3 Å². The van der Waals surface area contributed by atoms with E-state index in [2.05, 4.69) is 33.1 Å². The Bertz CT molecular complexity index is 1390. The normalized spacial score (nSPS) is 12.9. The number of thiophene rings is 1. The van der Waals surface area contributed by atoms with E-state index in [0.717, 1.165) is 64.7 Å². The molecule has 176 valence electrons. The average molecular weight is 496 g/mol. The molecule has 3 heterocycles. The lowest BCUT2D eigenvalue weighted by molar-refractivity contribution is -0.113. The van der Waals surface area contributed by atoms with Gasteiger partial charge >= 0.3 is 5.97 Å². The van der Waals surface area contributed by atoms with Gasteiger partial charge < -0.3 is 14.6 Å². The molecular weight excluding hydrogens is 470 g/mol. The maximum absolute atomic E-state index is 12.8. The molecule has 0 fully saturated rings. The SMILES string of the molecule is CCCn1c2ccccc2c2nnc(SCC(=O)Nc3sc4c(c3C(=O)OCC)CCC4)nc21. The number of carbonyl (C=O) groups excluding carboxylic acids is 2. The highest BCUT2D eigenvalue weighted by atomic mass is 32.2. The first-order valence-electron chi connectivity index (χ1n) is 11.5. The maximum Gasteiger partial charge on any atom is 0.341 e. The van der Waals surface area contributed by atoms with Gasteiger partial charge in [-0.15, -0.1) is 21.5 Å². The second-order valence-electron chi connectivity index (χ2n) is 8.05.